The minimum absolute atomic E-state index is 0.122. The van der Waals surface area contributed by atoms with Gasteiger partial charge < -0.3 is 4.90 Å². The normalized spacial score (nSPS) is 11.8. The van der Waals surface area contributed by atoms with E-state index in [-0.39, 0.29) is 11.6 Å². The van der Waals surface area contributed by atoms with E-state index in [0.717, 1.165) is 4.68 Å². The Kier molecular flexibility index (Phi) is 4.37. The maximum absolute atomic E-state index is 14.2. The highest BCUT2D eigenvalue weighted by Crippen LogP contribution is 2.31. The fourth-order valence-electron chi connectivity index (χ4n) is 1.91. The van der Waals surface area contributed by atoms with Crippen molar-refractivity contribution >= 4 is 18.6 Å². The molecular weight excluding hydrogens is 320 g/mol. The van der Waals surface area contributed by atoms with E-state index >= 15 is 0 Å². The largest absolute Gasteiger partial charge is 0.453 e. The van der Waals surface area contributed by atoms with E-state index in [0.29, 0.717) is 16.9 Å². The van der Waals surface area contributed by atoms with Crippen LogP contribution in [0.1, 0.15) is 18.3 Å². The molecule has 22 heavy (non-hydrogen) atoms. The first-order chi connectivity index (χ1) is 10.1. The van der Waals surface area contributed by atoms with Gasteiger partial charge in [-0.25, -0.2) is 4.39 Å². The SMILES string of the molecule is CCc1cc(F)c(-n2nc(C(F)(F)F)nc2N(C)C)cc1S. The zero-order valence-electron chi connectivity index (χ0n) is 12.1. The molecule has 1 heterocycles. The Hall–Kier alpha value is -1.77. The maximum atomic E-state index is 14.2. The van der Waals surface area contributed by atoms with Crippen LogP contribution in [0.4, 0.5) is 23.5 Å². The Balaban J connectivity index is 2.66. The van der Waals surface area contributed by atoms with Crippen molar-refractivity contribution in [3.05, 3.63) is 29.3 Å². The van der Waals surface area contributed by atoms with E-state index in [2.05, 4.69) is 22.7 Å². The van der Waals surface area contributed by atoms with Crippen LogP contribution in [0, 0.1) is 5.82 Å². The fraction of sp³-hybridized carbons (Fsp3) is 0.385. The third-order valence-corrected chi connectivity index (χ3v) is 3.42. The summed E-state index contributed by atoms with van der Waals surface area (Å²) >= 11 is 4.23. The van der Waals surface area contributed by atoms with E-state index < -0.39 is 17.8 Å². The summed E-state index contributed by atoms with van der Waals surface area (Å²) in [4.78, 5) is 5.24. The zero-order chi connectivity index (χ0) is 16.7. The summed E-state index contributed by atoms with van der Waals surface area (Å²) in [5, 5.41) is 3.40. The van der Waals surface area contributed by atoms with Crippen molar-refractivity contribution in [3.8, 4) is 5.69 Å². The summed E-state index contributed by atoms with van der Waals surface area (Å²) in [6.45, 7) is 1.83. The summed E-state index contributed by atoms with van der Waals surface area (Å²) in [6.07, 6.45) is -4.15. The molecule has 2 rings (SSSR count). The number of aromatic nitrogens is 3. The number of hydrogen-bond acceptors (Lipinski definition) is 4. The monoisotopic (exact) mass is 334 g/mol. The molecule has 120 valence electrons. The summed E-state index contributed by atoms with van der Waals surface area (Å²) in [7, 11) is 3.00. The average molecular weight is 334 g/mol. The van der Waals surface area contributed by atoms with Gasteiger partial charge in [0, 0.05) is 19.0 Å². The van der Waals surface area contributed by atoms with Gasteiger partial charge in [0.05, 0.1) is 0 Å². The summed E-state index contributed by atoms with van der Waals surface area (Å²) in [5.74, 6) is -2.13. The molecule has 0 saturated carbocycles. The van der Waals surface area contributed by atoms with Crippen LogP contribution in [0.3, 0.4) is 0 Å². The molecule has 0 radical (unpaired) electrons. The van der Waals surface area contributed by atoms with Crippen LogP contribution in [0.2, 0.25) is 0 Å². The maximum Gasteiger partial charge on any atom is 0.453 e. The van der Waals surface area contributed by atoms with Crippen LogP contribution in [0.15, 0.2) is 17.0 Å². The topological polar surface area (TPSA) is 34.0 Å². The molecule has 1 aromatic heterocycles. The van der Waals surface area contributed by atoms with Gasteiger partial charge in [0.15, 0.2) is 0 Å². The Morgan fingerprint density at radius 2 is 1.91 bits per heavy atom. The van der Waals surface area contributed by atoms with Crippen molar-refractivity contribution in [3.63, 3.8) is 0 Å². The summed E-state index contributed by atoms with van der Waals surface area (Å²) in [6, 6.07) is 2.59. The predicted octanol–water partition coefficient (Wildman–Crippen LogP) is 3.34. The zero-order valence-corrected chi connectivity index (χ0v) is 13.0. The lowest BCUT2D eigenvalue weighted by atomic mass is 10.1. The van der Waals surface area contributed by atoms with Crippen LogP contribution in [0.25, 0.3) is 5.69 Å². The van der Waals surface area contributed by atoms with Gasteiger partial charge in [-0.15, -0.1) is 17.7 Å². The van der Waals surface area contributed by atoms with Crippen LogP contribution in [-0.4, -0.2) is 28.9 Å². The molecule has 0 bridgehead atoms. The molecule has 9 heteroatoms. The second-order valence-electron chi connectivity index (χ2n) is 4.83. The van der Waals surface area contributed by atoms with Crippen molar-refractivity contribution in [2.75, 3.05) is 19.0 Å². The third-order valence-electron chi connectivity index (χ3n) is 3.00. The van der Waals surface area contributed by atoms with Crippen LogP contribution < -0.4 is 4.90 Å². The van der Waals surface area contributed by atoms with E-state index in [1.54, 1.807) is 0 Å². The van der Waals surface area contributed by atoms with Crippen LogP contribution in [-0.2, 0) is 12.6 Å². The van der Waals surface area contributed by atoms with Gasteiger partial charge >= 0.3 is 6.18 Å². The van der Waals surface area contributed by atoms with E-state index in [1.165, 1.54) is 31.1 Å². The van der Waals surface area contributed by atoms with Gasteiger partial charge in [0.1, 0.15) is 11.5 Å². The first-order valence-electron chi connectivity index (χ1n) is 6.38. The molecule has 2 aromatic rings. The lowest BCUT2D eigenvalue weighted by Gasteiger charge is -2.14. The fourth-order valence-corrected chi connectivity index (χ4v) is 2.26. The Labute approximate surface area is 130 Å². The number of aryl methyl sites for hydroxylation is 1. The predicted molar refractivity (Wildman–Crippen MR) is 77.3 cm³/mol. The number of benzene rings is 1. The number of hydrogen-bond donors (Lipinski definition) is 1. The van der Waals surface area contributed by atoms with E-state index in [4.69, 9.17) is 0 Å². The van der Waals surface area contributed by atoms with Crippen molar-refractivity contribution in [1.82, 2.24) is 14.8 Å². The van der Waals surface area contributed by atoms with E-state index in [1.807, 2.05) is 6.92 Å². The molecule has 0 aliphatic carbocycles. The molecule has 0 amide bonds. The molecule has 1 aromatic carbocycles. The number of anilines is 1. The van der Waals surface area contributed by atoms with Gasteiger partial charge in [0.25, 0.3) is 5.82 Å². The van der Waals surface area contributed by atoms with Crippen molar-refractivity contribution < 1.29 is 17.6 Å². The van der Waals surface area contributed by atoms with Gasteiger partial charge in [0.2, 0.25) is 5.95 Å². The number of alkyl halides is 3. The smallest absolute Gasteiger partial charge is 0.347 e. The molecule has 0 aliphatic heterocycles. The van der Waals surface area contributed by atoms with Crippen LogP contribution in [0.5, 0.6) is 0 Å². The lowest BCUT2D eigenvalue weighted by molar-refractivity contribution is -0.144. The number of thiol groups is 1. The van der Waals surface area contributed by atoms with Crippen molar-refractivity contribution in [1.29, 1.82) is 0 Å². The first kappa shape index (κ1) is 16.6. The highest BCUT2D eigenvalue weighted by atomic mass is 32.1. The lowest BCUT2D eigenvalue weighted by Crippen LogP contribution is -2.16. The van der Waals surface area contributed by atoms with Crippen molar-refractivity contribution in [2.24, 2.45) is 0 Å². The Bertz CT molecular complexity index is 694. The molecule has 4 nitrogen and oxygen atoms in total. The van der Waals surface area contributed by atoms with Gasteiger partial charge in [-0.05, 0) is 24.1 Å². The highest BCUT2D eigenvalue weighted by Gasteiger charge is 2.38. The average Bonchev–Trinajstić information content (AvgIpc) is 2.85. The molecule has 0 atom stereocenters. The first-order valence-corrected chi connectivity index (χ1v) is 6.83. The highest BCUT2D eigenvalue weighted by molar-refractivity contribution is 7.80. The molecule has 0 spiro atoms. The van der Waals surface area contributed by atoms with Crippen molar-refractivity contribution in [2.45, 2.75) is 24.4 Å². The molecule has 0 fully saturated rings. The number of halogens is 4. The summed E-state index contributed by atoms with van der Waals surface area (Å²) < 4.78 is 53.4. The molecular formula is C13H14F4N4S. The van der Waals surface area contributed by atoms with E-state index in [9.17, 15) is 17.6 Å². The molecule has 0 N–H and O–H groups in total. The second-order valence-corrected chi connectivity index (χ2v) is 5.31. The summed E-state index contributed by atoms with van der Waals surface area (Å²) in [5.41, 5.74) is 0.529. The van der Waals surface area contributed by atoms with Gasteiger partial charge in [-0.1, -0.05) is 6.92 Å². The van der Waals surface area contributed by atoms with Gasteiger partial charge in [-0.3, -0.25) is 0 Å². The third kappa shape index (κ3) is 3.03. The molecule has 0 saturated heterocycles. The quantitative estimate of drug-likeness (QED) is 0.690. The van der Waals surface area contributed by atoms with Crippen LogP contribution >= 0.6 is 12.6 Å². The molecule has 0 aliphatic rings. The van der Waals surface area contributed by atoms with Gasteiger partial charge in [-0.2, -0.15) is 22.8 Å². The minimum Gasteiger partial charge on any atom is -0.347 e. The Morgan fingerprint density at radius 1 is 1.27 bits per heavy atom. The minimum atomic E-state index is -4.71. The molecule has 0 unspecified atom stereocenters. The second kappa shape index (κ2) is 5.79. The standard InChI is InChI=1S/C13H14F4N4S/c1-4-7-5-8(14)9(6-10(7)22)21-12(20(2)3)18-11(19-21)13(15,16)17/h5-6,22H,4H2,1-3H3. The number of rotatable bonds is 3. The number of nitrogens with zero attached hydrogens (tertiary/aromatic N) is 4. The Morgan fingerprint density at radius 3 is 2.41 bits per heavy atom.